The second-order valence-corrected chi connectivity index (χ2v) is 8.59. The molecular weight excluding hydrogens is 418 g/mol. The Hall–Kier alpha value is -4.01. The Kier molecular flexibility index (Phi) is 4.67. The number of carbonyl (C=O) groups excluding carboxylic acids is 1. The van der Waals surface area contributed by atoms with Gasteiger partial charge >= 0.3 is 0 Å². The van der Waals surface area contributed by atoms with E-state index < -0.39 is 0 Å². The SMILES string of the molecule is Nc1nc2cc(-c3cnc4c(c3)C(=O)N(Cc3ncccc3OCC3CC3)CC4)ccn2n1. The van der Waals surface area contributed by atoms with Crippen molar-refractivity contribution in [1.82, 2.24) is 29.5 Å². The molecule has 0 atom stereocenters. The first-order valence-corrected chi connectivity index (χ1v) is 11.1. The van der Waals surface area contributed by atoms with Crippen LogP contribution in [-0.2, 0) is 13.0 Å². The maximum absolute atomic E-state index is 13.4. The summed E-state index contributed by atoms with van der Waals surface area (Å²) in [5.74, 6) is 1.59. The number of fused-ring (bicyclic) bond motifs is 2. The fraction of sp³-hybridized carbons (Fsp3) is 0.292. The molecule has 2 N–H and O–H groups in total. The van der Waals surface area contributed by atoms with Crippen LogP contribution in [0.1, 0.15) is 34.6 Å². The molecule has 33 heavy (non-hydrogen) atoms. The Morgan fingerprint density at radius 2 is 2.06 bits per heavy atom. The highest BCUT2D eigenvalue weighted by Crippen LogP contribution is 2.31. The van der Waals surface area contributed by atoms with Gasteiger partial charge in [0, 0.05) is 37.1 Å². The molecule has 9 nitrogen and oxygen atoms in total. The maximum Gasteiger partial charge on any atom is 0.256 e. The number of nitrogens with zero attached hydrogens (tertiary/aromatic N) is 6. The molecule has 4 aromatic heterocycles. The van der Waals surface area contributed by atoms with Gasteiger partial charge in [0.2, 0.25) is 5.95 Å². The van der Waals surface area contributed by atoms with E-state index in [9.17, 15) is 4.79 Å². The van der Waals surface area contributed by atoms with E-state index in [-0.39, 0.29) is 11.9 Å². The van der Waals surface area contributed by atoms with Crippen molar-refractivity contribution in [2.24, 2.45) is 5.92 Å². The molecule has 1 saturated carbocycles. The van der Waals surface area contributed by atoms with Crippen molar-refractivity contribution < 1.29 is 9.53 Å². The van der Waals surface area contributed by atoms with Gasteiger partial charge in [-0.25, -0.2) is 4.52 Å². The fourth-order valence-electron chi connectivity index (χ4n) is 4.12. The second-order valence-electron chi connectivity index (χ2n) is 8.59. The quantitative estimate of drug-likeness (QED) is 0.490. The molecule has 6 rings (SSSR count). The lowest BCUT2D eigenvalue weighted by Gasteiger charge is -2.28. The van der Waals surface area contributed by atoms with E-state index >= 15 is 0 Å². The average molecular weight is 441 g/mol. The van der Waals surface area contributed by atoms with Crippen LogP contribution in [0.2, 0.25) is 0 Å². The van der Waals surface area contributed by atoms with Crippen molar-refractivity contribution in [2.45, 2.75) is 25.8 Å². The fourth-order valence-corrected chi connectivity index (χ4v) is 4.12. The molecule has 0 radical (unpaired) electrons. The molecule has 4 aromatic rings. The van der Waals surface area contributed by atoms with Gasteiger partial charge < -0.3 is 15.4 Å². The Labute approximate surface area is 190 Å². The predicted octanol–water partition coefficient (Wildman–Crippen LogP) is 2.76. The van der Waals surface area contributed by atoms with Crippen LogP contribution in [0.15, 0.2) is 48.9 Å². The number of ether oxygens (including phenoxy) is 1. The Balaban J connectivity index is 1.26. The summed E-state index contributed by atoms with van der Waals surface area (Å²) in [6, 6.07) is 9.50. The minimum Gasteiger partial charge on any atom is -0.491 e. The number of rotatable bonds is 6. The molecule has 0 saturated heterocycles. The van der Waals surface area contributed by atoms with Crippen LogP contribution >= 0.6 is 0 Å². The number of hydrogen-bond donors (Lipinski definition) is 1. The van der Waals surface area contributed by atoms with Gasteiger partial charge in [-0.05, 0) is 54.7 Å². The monoisotopic (exact) mass is 441 g/mol. The number of nitrogen functional groups attached to an aromatic ring is 1. The zero-order valence-electron chi connectivity index (χ0n) is 18.0. The second kappa shape index (κ2) is 7.84. The van der Waals surface area contributed by atoms with Crippen molar-refractivity contribution in [2.75, 3.05) is 18.9 Å². The van der Waals surface area contributed by atoms with Crippen LogP contribution in [0, 0.1) is 5.92 Å². The van der Waals surface area contributed by atoms with E-state index in [1.54, 1.807) is 23.1 Å². The highest BCUT2D eigenvalue weighted by atomic mass is 16.5. The predicted molar refractivity (Wildman–Crippen MR) is 122 cm³/mol. The van der Waals surface area contributed by atoms with Crippen LogP contribution in [0.3, 0.4) is 0 Å². The Bertz CT molecular complexity index is 1360. The third-order valence-electron chi connectivity index (χ3n) is 6.15. The highest BCUT2D eigenvalue weighted by Gasteiger charge is 2.28. The van der Waals surface area contributed by atoms with Gasteiger partial charge in [-0.2, -0.15) is 4.98 Å². The lowest BCUT2D eigenvalue weighted by molar-refractivity contribution is 0.0721. The Morgan fingerprint density at radius 1 is 1.15 bits per heavy atom. The van der Waals surface area contributed by atoms with Gasteiger partial charge in [-0.3, -0.25) is 14.8 Å². The third kappa shape index (κ3) is 3.86. The third-order valence-corrected chi connectivity index (χ3v) is 6.15. The topological polar surface area (TPSA) is 112 Å². The lowest BCUT2D eigenvalue weighted by Crippen LogP contribution is -2.37. The van der Waals surface area contributed by atoms with Crippen LogP contribution in [0.25, 0.3) is 16.8 Å². The normalized spacial score (nSPS) is 15.6. The number of nitrogens with two attached hydrogens (primary N) is 1. The molecule has 0 bridgehead atoms. The summed E-state index contributed by atoms with van der Waals surface area (Å²) in [6.45, 7) is 1.72. The smallest absolute Gasteiger partial charge is 0.256 e. The molecule has 0 unspecified atom stereocenters. The highest BCUT2D eigenvalue weighted by molar-refractivity contribution is 5.97. The molecule has 1 fully saturated rings. The largest absolute Gasteiger partial charge is 0.491 e. The van der Waals surface area contributed by atoms with E-state index in [2.05, 4.69) is 20.1 Å². The molecule has 0 spiro atoms. The van der Waals surface area contributed by atoms with E-state index in [0.29, 0.717) is 43.2 Å². The van der Waals surface area contributed by atoms with E-state index in [0.717, 1.165) is 28.3 Å². The van der Waals surface area contributed by atoms with Crippen LogP contribution in [0.4, 0.5) is 5.95 Å². The van der Waals surface area contributed by atoms with Gasteiger partial charge in [0.25, 0.3) is 5.91 Å². The molecule has 1 aliphatic heterocycles. The summed E-state index contributed by atoms with van der Waals surface area (Å²) in [6.07, 6.45) is 8.50. The molecule has 0 aromatic carbocycles. The molecule has 166 valence electrons. The summed E-state index contributed by atoms with van der Waals surface area (Å²) in [5.41, 5.74) is 10.3. The van der Waals surface area contributed by atoms with E-state index in [1.165, 1.54) is 12.8 Å². The van der Waals surface area contributed by atoms with Crippen LogP contribution in [0.5, 0.6) is 5.75 Å². The van der Waals surface area contributed by atoms with E-state index in [1.807, 2.05) is 35.2 Å². The number of hydrogen-bond acceptors (Lipinski definition) is 7. The first kappa shape index (κ1) is 19.7. The minimum atomic E-state index is -0.0443. The lowest BCUT2D eigenvalue weighted by atomic mass is 10.00. The van der Waals surface area contributed by atoms with Crippen molar-refractivity contribution in [1.29, 1.82) is 0 Å². The first-order chi connectivity index (χ1) is 16.1. The summed E-state index contributed by atoms with van der Waals surface area (Å²) in [7, 11) is 0. The molecule has 9 heteroatoms. The van der Waals surface area contributed by atoms with Crippen molar-refractivity contribution in [3.63, 3.8) is 0 Å². The minimum absolute atomic E-state index is 0.0443. The van der Waals surface area contributed by atoms with Crippen LogP contribution < -0.4 is 10.5 Å². The number of carbonyl (C=O) groups is 1. The number of anilines is 1. The number of pyridine rings is 3. The summed E-state index contributed by atoms with van der Waals surface area (Å²) >= 11 is 0. The molecule has 1 aliphatic carbocycles. The van der Waals surface area contributed by atoms with Gasteiger partial charge in [0.15, 0.2) is 5.65 Å². The molecule has 5 heterocycles. The maximum atomic E-state index is 13.4. The summed E-state index contributed by atoms with van der Waals surface area (Å²) < 4.78 is 7.60. The van der Waals surface area contributed by atoms with Gasteiger partial charge in [-0.15, -0.1) is 5.10 Å². The number of aromatic nitrogens is 5. The van der Waals surface area contributed by atoms with E-state index in [4.69, 9.17) is 10.5 Å². The number of amides is 1. The molecular formula is C24H23N7O2. The van der Waals surface area contributed by atoms with Crippen molar-refractivity contribution in [3.05, 3.63) is 65.9 Å². The standard InChI is InChI=1S/C24H23N7O2/c25-24-28-22-11-16(5-9-31(22)29-24)17-10-18-19(27-12-17)6-8-30(23(18)32)13-20-21(2-1-7-26-20)33-14-15-3-4-15/h1-2,5,7,9-12,15H,3-4,6,8,13-14H2,(H2,25,29). The first-order valence-electron chi connectivity index (χ1n) is 11.1. The zero-order chi connectivity index (χ0) is 22.4. The van der Waals surface area contributed by atoms with Crippen molar-refractivity contribution in [3.8, 4) is 16.9 Å². The zero-order valence-corrected chi connectivity index (χ0v) is 18.0. The molecule has 2 aliphatic rings. The average Bonchev–Trinajstić information content (AvgIpc) is 3.58. The van der Waals surface area contributed by atoms with Gasteiger partial charge in [0.1, 0.15) is 11.4 Å². The Morgan fingerprint density at radius 3 is 2.94 bits per heavy atom. The van der Waals surface area contributed by atoms with Gasteiger partial charge in [-0.1, -0.05) is 0 Å². The summed E-state index contributed by atoms with van der Waals surface area (Å²) in [4.78, 5) is 28.5. The molecule has 1 amide bonds. The van der Waals surface area contributed by atoms with Crippen LogP contribution in [-0.4, -0.2) is 48.5 Å². The van der Waals surface area contributed by atoms with Crippen molar-refractivity contribution >= 4 is 17.5 Å². The van der Waals surface area contributed by atoms with Gasteiger partial charge in [0.05, 0.1) is 24.4 Å². The summed E-state index contributed by atoms with van der Waals surface area (Å²) in [5, 5.41) is 4.10.